The molecule has 2 aromatic rings. The maximum Gasteiger partial charge on any atom is 0.317 e. The van der Waals surface area contributed by atoms with Gasteiger partial charge in [0.25, 0.3) is 0 Å². The van der Waals surface area contributed by atoms with E-state index in [2.05, 4.69) is 41.3 Å². The fourth-order valence-electron chi connectivity index (χ4n) is 3.75. The van der Waals surface area contributed by atoms with E-state index in [1.807, 2.05) is 16.5 Å². The number of aryl methyl sites for hydroxylation is 2. The molecule has 27 heavy (non-hydrogen) atoms. The maximum atomic E-state index is 12.6. The molecule has 0 aromatic carbocycles. The highest BCUT2D eigenvalue weighted by atomic mass is 16.5. The standard InChI is InChI=1S/C19H30N6O2/c1-12(2)25-14(4)17(13(3)22-25)11-20-19(26)24-8-6-16(7-9-24)10-18-21-15(5)27-23-18/h12,16H,6-11H2,1-5H3,(H,20,26). The Hall–Kier alpha value is -2.38. The van der Waals surface area contributed by atoms with Gasteiger partial charge in [0.05, 0.1) is 5.69 Å². The molecule has 2 amide bonds. The Bertz CT molecular complexity index is 786. The van der Waals surface area contributed by atoms with Crippen LogP contribution < -0.4 is 5.32 Å². The number of rotatable bonds is 5. The van der Waals surface area contributed by atoms with Gasteiger partial charge in [0.2, 0.25) is 5.89 Å². The third-order valence-electron chi connectivity index (χ3n) is 5.32. The lowest BCUT2D eigenvalue weighted by Gasteiger charge is -2.31. The van der Waals surface area contributed by atoms with Crippen LogP contribution in [0.25, 0.3) is 0 Å². The van der Waals surface area contributed by atoms with Gasteiger partial charge < -0.3 is 14.7 Å². The first-order chi connectivity index (χ1) is 12.8. The van der Waals surface area contributed by atoms with Gasteiger partial charge in [-0.3, -0.25) is 4.68 Å². The average Bonchev–Trinajstić information content (AvgIpc) is 3.16. The van der Waals surface area contributed by atoms with Crippen LogP contribution in [0.3, 0.4) is 0 Å². The van der Waals surface area contributed by atoms with Crippen LogP contribution in [0.15, 0.2) is 4.52 Å². The van der Waals surface area contributed by atoms with Crippen molar-refractivity contribution in [1.82, 2.24) is 30.1 Å². The van der Waals surface area contributed by atoms with Gasteiger partial charge in [0.1, 0.15) is 0 Å². The molecule has 1 aliphatic heterocycles. The molecule has 0 radical (unpaired) electrons. The second-order valence-electron chi connectivity index (χ2n) is 7.71. The van der Waals surface area contributed by atoms with E-state index >= 15 is 0 Å². The zero-order valence-corrected chi connectivity index (χ0v) is 16.9. The molecule has 0 unspecified atom stereocenters. The van der Waals surface area contributed by atoms with Gasteiger partial charge in [-0.15, -0.1) is 0 Å². The van der Waals surface area contributed by atoms with E-state index in [0.717, 1.165) is 55.1 Å². The Kier molecular flexibility index (Phi) is 5.82. The smallest absolute Gasteiger partial charge is 0.317 e. The molecule has 1 fully saturated rings. The molecule has 1 saturated heterocycles. The SMILES string of the molecule is Cc1nc(CC2CCN(C(=O)NCc3c(C)nn(C(C)C)c3C)CC2)no1. The third-order valence-corrected chi connectivity index (χ3v) is 5.32. The molecule has 0 saturated carbocycles. The normalized spacial score (nSPS) is 15.6. The Balaban J connectivity index is 1.49. The van der Waals surface area contributed by atoms with Gasteiger partial charge in [0, 0.05) is 50.3 Å². The van der Waals surface area contributed by atoms with Gasteiger partial charge in [-0.2, -0.15) is 10.1 Å². The summed E-state index contributed by atoms with van der Waals surface area (Å²) >= 11 is 0. The number of urea groups is 1. The summed E-state index contributed by atoms with van der Waals surface area (Å²) in [5, 5.41) is 11.6. The van der Waals surface area contributed by atoms with Crippen LogP contribution >= 0.6 is 0 Å². The van der Waals surface area contributed by atoms with Crippen LogP contribution in [0.2, 0.25) is 0 Å². The fourth-order valence-corrected chi connectivity index (χ4v) is 3.75. The minimum Gasteiger partial charge on any atom is -0.340 e. The fraction of sp³-hybridized carbons (Fsp3) is 0.684. The largest absolute Gasteiger partial charge is 0.340 e. The predicted molar refractivity (Wildman–Crippen MR) is 101 cm³/mol. The summed E-state index contributed by atoms with van der Waals surface area (Å²) in [6.07, 6.45) is 2.74. The minimum absolute atomic E-state index is 0.0000440. The maximum absolute atomic E-state index is 12.6. The number of hydrogen-bond acceptors (Lipinski definition) is 5. The zero-order chi connectivity index (χ0) is 19.6. The number of likely N-dealkylation sites (tertiary alicyclic amines) is 1. The number of carbonyl (C=O) groups excluding carboxylic acids is 1. The Labute approximate surface area is 160 Å². The first-order valence-electron chi connectivity index (χ1n) is 9.71. The second kappa shape index (κ2) is 8.10. The number of nitrogens with zero attached hydrogens (tertiary/aromatic N) is 5. The van der Waals surface area contributed by atoms with Crippen LogP contribution in [0.4, 0.5) is 4.79 Å². The van der Waals surface area contributed by atoms with Crippen LogP contribution in [-0.4, -0.2) is 43.9 Å². The van der Waals surface area contributed by atoms with E-state index in [4.69, 9.17) is 4.52 Å². The van der Waals surface area contributed by atoms with Crippen molar-refractivity contribution in [2.45, 2.75) is 66.5 Å². The van der Waals surface area contributed by atoms with E-state index in [1.54, 1.807) is 6.92 Å². The van der Waals surface area contributed by atoms with Crippen molar-refractivity contribution < 1.29 is 9.32 Å². The third kappa shape index (κ3) is 4.48. The van der Waals surface area contributed by atoms with Crippen molar-refractivity contribution >= 4 is 6.03 Å². The molecule has 1 N–H and O–H groups in total. The molecule has 2 aromatic heterocycles. The van der Waals surface area contributed by atoms with Crippen LogP contribution in [0.1, 0.15) is 61.4 Å². The first kappa shape index (κ1) is 19.4. The summed E-state index contributed by atoms with van der Waals surface area (Å²) in [5.41, 5.74) is 3.21. The van der Waals surface area contributed by atoms with E-state index in [1.165, 1.54) is 0 Å². The van der Waals surface area contributed by atoms with Gasteiger partial charge >= 0.3 is 6.03 Å². The quantitative estimate of drug-likeness (QED) is 0.869. The molecule has 3 rings (SSSR count). The van der Waals surface area contributed by atoms with Gasteiger partial charge in [-0.05, 0) is 46.5 Å². The number of carbonyl (C=O) groups is 1. The molecular formula is C19H30N6O2. The lowest BCUT2D eigenvalue weighted by molar-refractivity contribution is 0.169. The number of amides is 2. The summed E-state index contributed by atoms with van der Waals surface area (Å²) in [6.45, 7) is 12.1. The van der Waals surface area contributed by atoms with Crippen LogP contribution in [0.5, 0.6) is 0 Å². The monoisotopic (exact) mass is 374 g/mol. The van der Waals surface area contributed by atoms with Crippen molar-refractivity contribution in [2.24, 2.45) is 5.92 Å². The molecule has 8 heteroatoms. The molecule has 8 nitrogen and oxygen atoms in total. The first-order valence-corrected chi connectivity index (χ1v) is 9.71. The van der Waals surface area contributed by atoms with Crippen molar-refractivity contribution in [3.8, 4) is 0 Å². The molecule has 0 spiro atoms. The summed E-state index contributed by atoms with van der Waals surface area (Å²) in [4.78, 5) is 18.7. The summed E-state index contributed by atoms with van der Waals surface area (Å²) in [7, 11) is 0. The van der Waals surface area contributed by atoms with E-state index < -0.39 is 0 Å². The summed E-state index contributed by atoms with van der Waals surface area (Å²) in [5.74, 6) is 1.87. The molecule has 3 heterocycles. The van der Waals surface area contributed by atoms with Gasteiger partial charge in [-0.1, -0.05) is 5.16 Å². The molecule has 1 aliphatic rings. The number of aromatic nitrogens is 4. The molecule has 0 aliphatic carbocycles. The Morgan fingerprint density at radius 2 is 1.96 bits per heavy atom. The second-order valence-corrected chi connectivity index (χ2v) is 7.71. The van der Waals surface area contributed by atoms with E-state index in [0.29, 0.717) is 24.4 Å². The van der Waals surface area contributed by atoms with Crippen LogP contribution in [0, 0.1) is 26.7 Å². The van der Waals surface area contributed by atoms with E-state index in [9.17, 15) is 4.79 Å². The van der Waals surface area contributed by atoms with Crippen LogP contribution in [-0.2, 0) is 13.0 Å². The lowest BCUT2D eigenvalue weighted by atomic mass is 9.93. The minimum atomic E-state index is -0.0000440. The summed E-state index contributed by atoms with van der Waals surface area (Å²) < 4.78 is 7.05. The number of nitrogens with one attached hydrogen (secondary N) is 1. The number of piperidine rings is 1. The molecule has 0 atom stereocenters. The van der Waals surface area contributed by atoms with Gasteiger partial charge in [0.15, 0.2) is 5.82 Å². The van der Waals surface area contributed by atoms with E-state index in [-0.39, 0.29) is 6.03 Å². The lowest BCUT2D eigenvalue weighted by Crippen LogP contribution is -2.44. The number of hydrogen-bond donors (Lipinski definition) is 1. The molecule has 148 valence electrons. The van der Waals surface area contributed by atoms with Crippen molar-refractivity contribution in [3.05, 3.63) is 28.7 Å². The highest BCUT2D eigenvalue weighted by Crippen LogP contribution is 2.21. The molecule has 0 bridgehead atoms. The predicted octanol–water partition coefficient (Wildman–Crippen LogP) is 2.94. The van der Waals surface area contributed by atoms with Crippen molar-refractivity contribution in [1.29, 1.82) is 0 Å². The highest BCUT2D eigenvalue weighted by molar-refractivity contribution is 5.74. The van der Waals surface area contributed by atoms with Gasteiger partial charge in [-0.25, -0.2) is 4.79 Å². The molecular weight excluding hydrogens is 344 g/mol. The average molecular weight is 374 g/mol. The highest BCUT2D eigenvalue weighted by Gasteiger charge is 2.24. The van der Waals surface area contributed by atoms with Crippen molar-refractivity contribution in [3.63, 3.8) is 0 Å². The summed E-state index contributed by atoms with van der Waals surface area (Å²) in [6, 6.07) is 0.315. The topological polar surface area (TPSA) is 89.1 Å². The Morgan fingerprint density at radius 3 is 2.52 bits per heavy atom. The zero-order valence-electron chi connectivity index (χ0n) is 16.9. The Morgan fingerprint density at radius 1 is 1.26 bits per heavy atom. The van der Waals surface area contributed by atoms with Crippen molar-refractivity contribution in [2.75, 3.05) is 13.1 Å².